The number of fused-ring (bicyclic) bond motifs is 1. The largest absolute Gasteiger partial charge is 0.444 e. The number of rotatable bonds is 7. The molecule has 0 spiro atoms. The van der Waals surface area contributed by atoms with Crippen molar-refractivity contribution in [2.24, 2.45) is 10.7 Å². The van der Waals surface area contributed by atoms with Crippen molar-refractivity contribution in [3.05, 3.63) is 97.9 Å². The molecule has 0 aliphatic carbocycles. The molecular formula is C26H23N5O3. The van der Waals surface area contributed by atoms with Crippen LogP contribution in [0.3, 0.4) is 0 Å². The van der Waals surface area contributed by atoms with Crippen molar-refractivity contribution in [1.29, 1.82) is 0 Å². The average Bonchev–Trinajstić information content (AvgIpc) is 3.39. The van der Waals surface area contributed by atoms with E-state index in [-0.39, 0.29) is 11.8 Å². The zero-order valence-corrected chi connectivity index (χ0v) is 18.5. The van der Waals surface area contributed by atoms with Crippen LogP contribution in [-0.4, -0.2) is 16.8 Å². The Morgan fingerprint density at radius 3 is 2.65 bits per heavy atom. The summed E-state index contributed by atoms with van der Waals surface area (Å²) in [5, 5.41) is 7.65. The fraction of sp³-hybridized carbons (Fsp3) is 0.0385. The van der Waals surface area contributed by atoms with Crippen LogP contribution in [0.5, 0.6) is 5.75 Å². The molecule has 0 unspecified atom stereocenters. The van der Waals surface area contributed by atoms with Crippen LogP contribution in [-0.2, 0) is 4.79 Å². The van der Waals surface area contributed by atoms with Gasteiger partial charge in [0, 0.05) is 40.8 Å². The number of hydrogen-bond donors (Lipinski definition) is 3. The van der Waals surface area contributed by atoms with Crippen LogP contribution in [0.25, 0.3) is 22.1 Å². The van der Waals surface area contributed by atoms with E-state index in [4.69, 9.17) is 14.9 Å². The number of oxazole rings is 1. The number of nitrogens with one attached hydrogen (secondary N) is 2. The first kappa shape index (κ1) is 22.3. The molecule has 1 aromatic heterocycles. The Morgan fingerprint density at radius 1 is 1.12 bits per heavy atom. The fourth-order valence-corrected chi connectivity index (χ4v) is 3.36. The number of aliphatic imine (C=N–C) groups is 1. The summed E-state index contributed by atoms with van der Waals surface area (Å²) in [6.45, 7) is 5.28. The predicted octanol–water partition coefficient (Wildman–Crippen LogP) is 5.29. The summed E-state index contributed by atoms with van der Waals surface area (Å²) in [6.07, 6.45) is 5.85. The van der Waals surface area contributed by atoms with Crippen LogP contribution in [0, 0.1) is 0 Å². The van der Waals surface area contributed by atoms with E-state index in [0.29, 0.717) is 23.0 Å². The maximum absolute atomic E-state index is 11.5. The Hall–Kier alpha value is -4.85. The van der Waals surface area contributed by atoms with Crippen LogP contribution in [0.4, 0.5) is 11.4 Å². The minimum atomic E-state index is -0.150. The molecule has 3 aromatic carbocycles. The average molecular weight is 454 g/mol. The first-order chi connectivity index (χ1) is 16.6. The molecule has 0 fully saturated rings. The third-order valence-corrected chi connectivity index (χ3v) is 4.82. The Morgan fingerprint density at radius 2 is 1.94 bits per heavy atom. The van der Waals surface area contributed by atoms with Crippen LogP contribution in [0.15, 0.2) is 107 Å². The summed E-state index contributed by atoms with van der Waals surface area (Å²) < 4.78 is 11.4. The molecule has 0 aliphatic heterocycles. The molecular weight excluding hydrogens is 430 g/mol. The number of hydrogen-bond acceptors (Lipinski definition) is 7. The van der Waals surface area contributed by atoms with Gasteiger partial charge in [-0.3, -0.25) is 4.79 Å². The van der Waals surface area contributed by atoms with Gasteiger partial charge in [0.1, 0.15) is 11.6 Å². The third-order valence-electron chi connectivity index (χ3n) is 4.82. The number of carbonyl (C=O) groups excluding carboxylic acids is 1. The third kappa shape index (κ3) is 5.13. The number of carbonyl (C=O) groups is 1. The van der Waals surface area contributed by atoms with E-state index < -0.39 is 0 Å². The number of anilines is 2. The predicted molar refractivity (Wildman–Crippen MR) is 134 cm³/mol. The monoisotopic (exact) mass is 453 g/mol. The Labute approximate surface area is 196 Å². The molecule has 4 aromatic rings. The summed E-state index contributed by atoms with van der Waals surface area (Å²) in [4.78, 5) is 20.0. The van der Waals surface area contributed by atoms with Gasteiger partial charge in [0.2, 0.25) is 11.8 Å². The zero-order chi connectivity index (χ0) is 23.9. The molecule has 0 saturated carbocycles. The van der Waals surface area contributed by atoms with E-state index >= 15 is 0 Å². The first-order valence-electron chi connectivity index (χ1n) is 10.4. The fourth-order valence-electron chi connectivity index (χ4n) is 3.36. The molecule has 1 heterocycles. The van der Waals surface area contributed by atoms with Crippen LogP contribution >= 0.6 is 0 Å². The second-order valence-electron chi connectivity index (χ2n) is 7.22. The highest BCUT2D eigenvalue weighted by Gasteiger charge is 2.10. The van der Waals surface area contributed by atoms with Gasteiger partial charge in [-0.1, -0.05) is 43.0 Å². The maximum Gasteiger partial charge on any atom is 0.221 e. The summed E-state index contributed by atoms with van der Waals surface area (Å²) in [5.41, 5.74) is 8.12. The van der Waals surface area contributed by atoms with Crippen LogP contribution in [0.2, 0.25) is 0 Å². The van der Waals surface area contributed by atoms with Crippen LogP contribution < -0.4 is 21.1 Å². The summed E-state index contributed by atoms with van der Waals surface area (Å²) in [5.74, 6) is 1.67. The minimum absolute atomic E-state index is 0.150. The standard InChI is InChI=1S/C26H23N5O3/c1-3-26(34-23-12-11-22(29-17(2)32)20-9-4-5-10-21(20)23)31-25(14-27)30-19-8-6-7-18(13-19)24-15-28-16-33-24/h3-16,30H,1,27H2,2H3,(H,29,32)/b25-14-,31-26?. The van der Waals surface area contributed by atoms with Crippen molar-refractivity contribution >= 4 is 34.0 Å². The Balaban J connectivity index is 1.59. The van der Waals surface area contributed by atoms with E-state index in [1.54, 1.807) is 18.3 Å². The second-order valence-corrected chi connectivity index (χ2v) is 7.22. The summed E-state index contributed by atoms with van der Waals surface area (Å²) in [7, 11) is 0. The molecule has 4 rings (SSSR count). The molecule has 0 saturated heterocycles. The number of amides is 1. The number of benzene rings is 3. The normalized spacial score (nSPS) is 11.8. The molecule has 0 radical (unpaired) electrons. The highest BCUT2D eigenvalue weighted by Crippen LogP contribution is 2.32. The quantitative estimate of drug-likeness (QED) is 0.259. The van der Waals surface area contributed by atoms with Gasteiger partial charge in [-0.15, -0.1) is 0 Å². The first-order valence-corrected chi connectivity index (χ1v) is 10.4. The minimum Gasteiger partial charge on any atom is -0.444 e. The maximum atomic E-state index is 11.5. The molecule has 1 amide bonds. The number of ether oxygens (including phenoxy) is 1. The molecule has 0 bridgehead atoms. The lowest BCUT2D eigenvalue weighted by atomic mass is 10.1. The topological polar surface area (TPSA) is 115 Å². The molecule has 170 valence electrons. The van der Waals surface area contributed by atoms with Crippen molar-refractivity contribution in [3.8, 4) is 17.1 Å². The Kier molecular flexibility index (Phi) is 6.69. The highest BCUT2D eigenvalue weighted by atomic mass is 16.5. The lowest BCUT2D eigenvalue weighted by molar-refractivity contribution is -0.114. The highest BCUT2D eigenvalue weighted by molar-refractivity contribution is 6.04. The van der Waals surface area contributed by atoms with Crippen molar-refractivity contribution in [2.45, 2.75) is 6.92 Å². The smallest absolute Gasteiger partial charge is 0.221 e. The van der Waals surface area contributed by atoms with Crippen molar-refractivity contribution in [2.75, 3.05) is 10.6 Å². The van der Waals surface area contributed by atoms with E-state index in [0.717, 1.165) is 22.0 Å². The second kappa shape index (κ2) is 10.2. The molecule has 34 heavy (non-hydrogen) atoms. The van der Waals surface area contributed by atoms with Gasteiger partial charge in [0.05, 0.1) is 6.20 Å². The lowest BCUT2D eigenvalue weighted by Gasteiger charge is -2.13. The van der Waals surface area contributed by atoms with Crippen molar-refractivity contribution < 1.29 is 13.9 Å². The molecule has 8 heteroatoms. The van der Waals surface area contributed by atoms with E-state index in [2.05, 4.69) is 27.2 Å². The van der Waals surface area contributed by atoms with E-state index in [1.807, 2.05) is 48.5 Å². The van der Waals surface area contributed by atoms with Gasteiger partial charge < -0.3 is 25.5 Å². The Bertz CT molecular complexity index is 1390. The van der Waals surface area contributed by atoms with E-state index in [9.17, 15) is 4.79 Å². The lowest BCUT2D eigenvalue weighted by Crippen LogP contribution is -2.10. The van der Waals surface area contributed by atoms with Gasteiger partial charge >= 0.3 is 0 Å². The van der Waals surface area contributed by atoms with Gasteiger partial charge in [-0.2, -0.15) is 4.99 Å². The molecule has 8 nitrogen and oxygen atoms in total. The van der Waals surface area contributed by atoms with E-state index in [1.165, 1.54) is 25.6 Å². The summed E-state index contributed by atoms with van der Waals surface area (Å²) in [6, 6.07) is 18.7. The van der Waals surface area contributed by atoms with Crippen molar-refractivity contribution in [3.63, 3.8) is 0 Å². The number of aromatic nitrogens is 1. The van der Waals surface area contributed by atoms with Crippen molar-refractivity contribution in [1.82, 2.24) is 4.98 Å². The molecule has 0 atom stereocenters. The van der Waals surface area contributed by atoms with Gasteiger partial charge in [0.25, 0.3) is 0 Å². The number of nitrogens with zero attached hydrogens (tertiary/aromatic N) is 2. The number of nitrogens with two attached hydrogens (primary N) is 1. The van der Waals surface area contributed by atoms with Crippen LogP contribution in [0.1, 0.15) is 6.92 Å². The van der Waals surface area contributed by atoms with Gasteiger partial charge in [0.15, 0.2) is 12.2 Å². The zero-order valence-electron chi connectivity index (χ0n) is 18.5. The molecule has 0 aliphatic rings. The van der Waals surface area contributed by atoms with Gasteiger partial charge in [-0.25, -0.2) is 4.98 Å². The summed E-state index contributed by atoms with van der Waals surface area (Å²) >= 11 is 0. The molecule has 4 N–H and O–H groups in total. The van der Waals surface area contributed by atoms with Gasteiger partial charge in [-0.05, 0) is 30.3 Å². The SMILES string of the molecule is C=CC(=N/C(=C\N)Nc1cccc(-c2cnco2)c1)Oc1ccc(NC(C)=O)c2ccccc12.